The normalized spacial score (nSPS) is 23.4. The van der Waals surface area contributed by atoms with Crippen molar-refractivity contribution in [3.05, 3.63) is 12.7 Å². The zero-order valence-electron chi connectivity index (χ0n) is 9.68. The van der Waals surface area contributed by atoms with Gasteiger partial charge in [-0.25, -0.2) is 0 Å². The molecule has 3 heteroatoms. The maximum Gasteiger partial charge on any atom is 0.454 e. The average Bonchev–Trinajstić information content (AvgIpc) is 2.00. The van der Waals surface area contributed by atoms with Crippen LogP contribution in [0.2, 0.25) is 6.82 Å². The molecule has 1 rings (SSSR count). The molecule has 76 valence electrons. The van der Waals surface area contributed by atoms with E-state index in [0.29, 0.717) is 0 Å². The van der Waals surface area contributed by atoms with E-state index in [9.17, 15) is 0 Å². The lowest BCUT2D eigenvalue weighted by molar-refractivity contribution is 0.00578. The van der Waals surface area contributed by atoms with Gasteiger partial charge in [0.1, 0.15) is 0 Å². The lowest BCUT2D eigenvalue weighted by Gasteiger charge is -2.32. The first-order valence-corrected chi connectivity index (χ1v) is 4.69. The fourth-order valence-corrected chi connectivity index (χ4v) is 1.14. The summed E-state index contributed by atoms with van der Waals surface area (Å²) >= 11 is 0. The van der Waals surface area contributed by atoms with Gasteiger partial charge >= 0.3 is 7.12 Å². The highest BCUT2D eigenvalue weighted by atomic mass is 16.7. The minimum Gasteiger partial charge on any atom is -0.403 e. The first-order valence-electron chi connectivity index (χ1n) is 4.69. The van der Waals surface area contributed by atoms with Crippen LogP contribution in [0.4, 0.5) is 0 Å². The Morgan fingerprint density at radius 2 is 1.31 bits per heavy atom. The van der Waals surface area contributed by atoms with Gasteiger partial charge < -0.3 is 9.31 Å². The molecule has 0 aromatic heterocycles. The summed E-state index contributed by atoms with van der Waals surface area (Å²) in [4.78, 5) is 0. The molecule has 0 spiro atoms. The van der Waals surface area contributed by atoms with E-state index in [0.717, 1.165) is 0 Å². The molecule has 13 heavy (non-hydrogen) atoms. The molecule has 1 aliphatic heterocycles. The molecule has 0 aromatic carbocycles. The maximum atomic E-state index is 5.54. The molecule has 0 bridgehead atoms. The first kappa shape index (κ1) is 12.7. The van der Waals surface area contributed by atoms with E-state index in [4.69, 9.17) is 9.31 Å². The largest absolute Gasteiger partial charge is 0.454 e. The van der Waals surface area contributed by atoms with Gasteiger partial charge in [-0.1, -0.05) is 6.08 Å². The zero-order valence-corrected chi connectivity index (χ0v) is 9.68. The first-order chi connectivity index (χ1) is 5.77. The molecule has 0 aliphatic carbocycles. The summed E-state index contributed by atoms with van der Waals surface area (Å²) in [5.74, 6) is 0. The second-order valence-electron chi connectivity index (χ2n) is 4.23. The molecule has 0 saturated carbocycles. The fraction of sp³-hybridized carbons (Fsp3) is 0.800. The van der Waals surface area contributed by atoms with E-state index in [1.807, 2.05) is 13.7 Å². The molecular formula is C10H21BO2. The predicted molar refractivity (Wildman–Crippen MR) is 57.8 cm³/mol. The summed E-state index contributed by atoms with van der Waals surface area (Å²) in [7, 11) is -0.0648. The highest BCUT2D eigenvalue weighted by Gasteiger charge is 2.48. The topological polar surface area (TPSA) is 18.5 Å². The quantitative estimate of drug-likeness (QED) is 0.425. The molecule has 1 fully saturated rings. The maximum absolute atomic E-state index is 5.54. The Morgan fingerprint density at radius 1 is 1.08 bits per heavy atom. The molecule has 1 heterocycles. The molecule has 0 amide bonds. The van der Waals surface area contributed by atoms with Gasteiger partial charge in [-0.05, 0) is 41.4 Å². The Balaban J connectivity index is 0.000000424. The zero-order chi connectivity index (χ0) is 10.7. The van der Waals surface area contributed by atoms with E-state index in [1.165, 1.54) is 0 Å². The van der Waals surface area contributed by atoms with Crippen molar-refractivity contribution in [3.63, 3.8) is 0 Å². The molecular weight excluding hydrogens is 163 g/mol. The van der Waals surface area contributed by atoms with E-state index < -0.39 is 0 Å². The van der Waals surface area contributed by atoms with Crippen LogP contribution in [0.15, 0.2) is 12.7 Å². The summed E-state index contributed by atoms with van der Waals surface area (Å²) in [6.45, 7) is 15.4. The van der Waals surface area contributed by atoms with Crippen LogP contribution in [-0.4, -0.2) is 18.3 Å². The molecule has 0 N–H and O–H groups in total. The number of rotatable bonds is 0. The molecule has 1 aliphatic rings. The SMILES string of the molecule is C=CC.CB1OC(C)(C)C(C)(C)O1. The van der Waals surface area contributed by atoms with Crippen LogP contribution in [0.25, 0.3) is 0 Å². The van der Waals surface area contributed by atoms with E-state index >= 15 is 0 Å². The Kier molecular flexibility index (Phi) is 4.20. The van der Waals surface area contributed by atoms with Gasteiger partial charge in [-0.3, -0.25) is 0 Å². The minimum absolute atomic E-state index is 0.0648. The summed E-state index contributed by atoms with van der Waals surface area (Å²) < 4.78 is 11.1. The third kappa shape index (κ3) is 3.16. The standard InChI is InChI=1S/C7H15BO2.C3H6/c1-6(2)7(3,4)10-8(5)9-6;1-3-2/h1-5H3;3H,1H2,2H3. The van der Waals surface area contributed by atoms with Crippen LogP contribution in [0.1, 0.15) is 34.6 Å². The molecule has 0 radical (unpaired) electrons. The van der Waals surface area contributed by atoms with Crippen molar-refractivity contribution in [1.82, 2.24) is 0 Å². The van der Waals surface area contributed by atoms with Crippen molar-refractivity contribution in [1.29, 1.82) is 0 Å². The van der Waals surface area contributed by atoms with Crippen molar-refractivity contribution >= 4 is 7.12 Å². The summed E-state index contributed by atoms with van der Waals surface area (Å²) in [6, 6.07) is 0. The molecule has 2 nitrogen and oxygen atoms in total. The van der Waals surface area contributed by atoms with E-state index in [1.54, 1.807) is 6.08 Å². The van der Waals surface area contributed by atoms with Gasteiger partial charge in [-0.2, -0.15) is 0 Å². The van der Waals surface area contributed by atoms with E-state index in [-0.39, 0.29) is 18.3 Å². The van der Waals surface area contributed by atoms with Crippen molar-refractivity contribution < 1.29 is 9.31 Å². The van der Waals surface area contributed by atoms with E-state index in [2.05, 4.69) is 34.3 Å². The van der Waals surface area contributed by atoms with Gasteiger partial charge in [0.05, 0.1) is 11.2 Å². The van der Waals surface area contributed by atoms with Crippen LogP contribution >= 0.6 is 0 Å². The number of hydrogen-bond donors (Lipinski definition) is 0. The van der Waals surface area contributed by atoms with Crippen molar-refractivity contribution in [3.8, 4) is 0 Å². The van der Waals surface area contributed by atoms with Crippen LogP contribution < -0.4 is 0 Å². The molecule has 0 unspecified atom stereocenters. The van der Waals surface area contributed by atoms with Crippen LogP contribution in [-0.2, 0) is 9.31 Å². The minimum atomic E-state index is -0.160. The highest BCUT2D eigenvalue weighted by molar-refractivity contribution is 6.43. The Morgan fingerprint density at radius 3 is 1.38 bits per heavy atom. The third-order valence-corrected chi connectivity index (χ3v) is 2.37. The van der Waals surface area contributed by atoms with Gasteiger partial charge in [0, 0.05) is 0 Å². The summed E-state index contributed by atoms with van der Waals surface area (Å²) in [6.07, 6.45) is 1.75. The van der Waals surface area contributed by atoms with Crippen LogP contribution in [0, 0.1) is 0 Å². The van der Waals surface area contributed by atoms with Gasteiger partial charge in [-0.15, -0.1) is 6.58 Å². The van der Waals surface area contributed by atoms with Crippen molar-refractivity contribution in [2.75, 3.05) is 0 Å². The van der Waals surface area contributed by atoms with Crippen molar-refractivity contribution in [2.45, 2.75) is 52.6 Å². The third-order valence-electron chi connectivity index (χ3n) is 2.37. The van der Waals surface area contributed by atoms with Crippen LogP contribution in [0.5, 0.6) is 0 Å². The van der Waals surface area contributed by atoms with Gasteiger partial charge in [0.2, 0.25) is 0 Å². The number of allylic oxidation sites excluding steroid dienone is 1. The summed E-state index contributed by atoms with van der Waals surface area (Å²) in [5, 5.41) is 0. The lowest BCUT2D eigenvalue weighted by atomic mass is 9.90. The second kappa shape index (κ2) is 4.29. The Bertz CT molecular complexity index is 160. The van der Waals surface area contributed by atoms with Gasteiger partial charge in [0.25, 0.3) is 0 Å². The predicted octanol–water partition coefficient (Wildman–Crippen LogP) is 2.90. The lowest BCUT2D eigenvalue weighted by Crippen LogP contribution is -2.41. The van der Waals surface area contributed by atoms with Gasteiger partial charge in [0.15, 0.2) is 0 Å². The van der Waals surface area contributed by atoms with Crippen molar-refractivity contribution in [2.24, 2.45) is 0 Å². The Labute approximate surface area is 82.5 Å². The molecule has 0 atom stereocenters. The Hall–Kier alpha value is -0.275. The smallest absolute Gasteiger partial charge is 0.403 e. The average molecular weight is 184 g/mol. The molecule has 1 saturated heterocycles. The van der Waals surface area contributed by atoms with Crippen LogP contribution in [0.3, 0.4) is 0 Å². The monoisotopic (exact) mass is 184 g/mol. The fourth-order valence-electron chi connectivity index (χ4n) is 1.14. The molecule has 0 aromatic rings. The number of hydrogen-bond acceptors (Lipinski definition) is 2. The highest BCUT2D eigenvalue weighted by Crippen LogP contribution is 2.36. The summed E-state index contributed by atoms with van der Waals surface area (Å²) in [5.41, 5.74) is -0.321. The second-order valence-corrected chi connectivity index (χ2v) is 4.23.